The summed E-state index contributed by atoms with van der Waals surface area (Å²) in [5.74, 6) is -0.107. The fourth-order valence-electron chi connectivity index (χ4n) is 1.56. The zero-order chi connectivity index (χ0) is 14.5. The van der Waals surface area contributed by atoms with E-state index in [1.807, 2.05) is 6.92 Å². The van der Waals surface area contributed by atoms with Gasteiger partial charge in [0, 0.05) is 5.56 Å². The number of halogens is 1. The van der Waals surface area contributed by atoms with Gasteiger partial charge < -0.3 is 9.63 Å². The van der Waals surface area contributed by atoms with Gasteiger partial charge >= 0.3 is 5.97 Å². The number of aliphatic carboxylic acids is 1. The number of hydrogen-bond donors (Lipinski definition) is 1. The van der Waals surface area contributed by atoms with Gasteiger partial charge in [0.1, 0.15) is 11.1 Å². The highest BCUT2D eigenvalue weighted by Crippen LogP contribution is 2.22. The number of aromatic nitrogens is 2. The van der Waals surface area contributed by atoms with Crippen LogP contribution < -0.4 is 0 Å². The molecule has 0 aliphatic heterocycles. The second kappa shape index (κ2) is 6.51. The van der Waals surface area contributed by atoms with Crippen LogP contribution in [0.5, 0.6) is 0 Å². The van der Waals surface area contributed by atoms with Crippen LogP contribution >= 0.6 is 11.8 Å². The summed E-state index contributed by atoms with van der Waals surface area (Å²) in [6.07, 6.45) is 0.530. The van der Waals surface area contributed by atoms with Crippen LogP contribution in [0.4, 0.5) is 4.39 Å². The molecule has 2 rings (SSSR count). The maximum absolute atomic E-state index is 12.8. The molecule has 1 atom stereocenters. The molecular weight excluding hydrogens is 283 g/mol. The number of rotatable bonds is 6. The molecule has 0 fully saturated rings. The standard InChI is InChI=1S/C13H13FN2O3S/c1-2-10(13(17)18)20-7-11-15-12(19-16-11)8-3-5-9(14)6-4-8/h3-6,10H,2,7H2,1H3,(H,17,18). The molecule has 0 aliphatic carbocycles. The molecule has 1 aromatic heterocycles. The van der Waals surface area contributed by atoms with Crippen LogP contribution in [-0.2, 0) is 10.5 Å². The highest BCUT2D eigenvalue weighted by Gasteiger charge is 2.17. The van der Waals surface area contributed by atoms with Gasteiger partial charge in [-0.2, -0.15) is 4.98 Å². The number of nitrogens with zero attached hydrogens (tertiary/aromatic N) is 2. The van der Waals surface area contributed by atoms with E-state index in [0.717, 1.165) is 0 Å². The van der Waals surface area contributed by atoms with Gasteiger partial charge in [-0.25, -0.2) is 4.39 Å². The van der Waals surface area contributed by atoms with E-state index in [0.29, 0.717) is 29.5 Å². The molecule has 0 radical (unpaired) electrons. The lowest BCUT2D eigenvalue weighted by Crippen LogP contribution is -2.15. The van der Waals surface area contributed by atoms with Crippen molar-refractivity contribution >= 4 is 17.7 Å². The topological polar surface area (TPSA) is 76.2 Å². The first kappa shape index (κ1) is 14.5. The molecule has 1 N–H and O–H groups in total. The van der Waals surface area contributed by atoms with Gasteiger partial charge in [0.25, 0.3) is 5.89 Å². The third-order valence-electron chi connectivity index (χ3n) is 2.62. The molecule has 0 amide bonds. The maximum Gasteiger partial charge on any atom is 0.316 e. The Kier molecular flexibility index (Phi) is 4.73. The monoisotopic (exact) mass is 296 g/mol. The maximum atomic E-state index is 12.8. The summed E-state index contributed by atoms with van der Waals surface area (Å²) < 4.78 is 17.9. The van der Waals surface area contributed by atoms with E-state index in [-0.39, 0.29) is 5.82 Å². The lowest BCUT2D eigenvalue weighted by atomic mass is 10.2. The number of benzene rings is 1. The van der Waals surface area contributed by atoms with E-state index in [2.05, 4.69) is 10.1 Å². The van der Waals surface area contributed by atoms with Crippen molar-refractivity contribution in [2.75, 3.05) is 0 Å². The summed E-state index contributed by atoms with van der Waals surface area (Å²) in [6, 6.07) is 5.72. The van der Waals surface area contributed by atoms with Crippen LogP contribution in [0.15, 0.2) is 28.8 Å². The first-order valence-electron chi connectivity index (χ1n) is 6.03. The SMILES string of the molecule is CCC(SCc1noc(-c2ccc(F)cc2)n1)C(=O)O. The van der Waals surface area contributed by atoms with Crippen LogP contribution in [0.25, 0.3) is 11.5 Å². The van der Waals surface area contributed by atoms with Gasteiger partial charge in [-0.3, -0.25) is 4.79 Å². The number of carbonyl (C=O) groups is 1. The minimum absolute atomic E-state index is 0.295. The molecule has 0 saturated carbocycles. The Morgan fingerprint density at radius 2 is 2.15 bits per heavy atom. The summed E-state index contributed by atoms with van der Waals surface area (Å²) in [5.41, 5.74) is 0.625. The van der Waals surface area contributed by atoms with E-state index in [9.17, 15) is 9.18 Å². The summed E-state index contributed by atoms with van der Waals surface area (Å²) in [6.45, 7) is 1.81. The first-order chi connectivity index (χ1) is 9.60. The van der Waals surface area contributed by atoms with Gasteiger partial charge in [-0.15, -0.1) is 11.8 Å². The van der Waals surface area contributed by atoms with Crippen molar-refractivity contribution in [2.24, 2.45) is 0 Å². The Hall–Kier alpha value is -1.89. The second-order valence-corrected chi connectivity index (χ2v) is 5.26. The van der Waals surface area contributed by atoms with Crippen LogP contribution in [0.1, 0.15) is 19.2 Å². The molecule has 7 heteroatoms. The van der Waals surface area contributed by atoms with Crippen molar-refractivity contribution in [3.63, 3.8) is 0 Å². The Bertz CT molecular complexity index is 586. The zero-order valence-electron chi connectivity index (χ0n) is 10.7. The summed E-state index contributed by atoms with van der Waals surface area (Å²) in [7, 11) is 0. The highest BCUT2D eigenvalue weighted by molar-refractivity contribution is 7.99. The first-order valence-corrected chi connectivity index (χ1v) is 7.08. The van der Waals surface area contributed by atoms with Gasteiger partial charge in [-0.1, -0.05) is 12.1 Å². The number of carboxylic acids is 1. The molecule has 0 saturated heterocycles. The number of thioether (sulfide) groups is 1. The van der Waals surface area contributed by atoms with Crippen LogP contribution in [0.3, 0.4) is 0 Å². The average molecular weight is 296 g/mol. The molecule has 0 bridgehead atoms. The molecule has 0 aliphatic rings. The fourth-order valence-corrected chi connectivity index (χ4v) is 2.41. The number of hydrogen-bond acceptors (Lipinski definition) is 5. The lowest BCUT2D eigenvalue weighted by molar-refractivity contribution is -0.136. The van der Waals surface area contributed by atoms with Crippen molar-refractivity contribution in [3.8, 4) is 11.5 Å². The summed E-state index contributed by atoms with van der Waals surface area (Å²) in [4.78, 5) is 15.1. The molecule has 0 spiro atoms. The minimum atomic E-state index is -0.847. The molecule has 106 valence electrons. The zero-order valence-corrected chi connectivity index (χ0v) is 11.6. The Morgan fingerprint density at radius 1 is 1.45 bits per heavy atom. The van der Waals surface area contributed by atoms with Crippen molar-refractivity contribution in [3.05, 3.63) is 35.9 Å². The largest absolute Gasteiger partial charge is 0.480 e. The molecule has 1 aromatic carbocycles. The summed E-state index contributed by atoms with van der Waals surface area (Å²) in [5, 5.41) is 12.2. The smallest absolute Gasteiger partial charge is 0.316 e. The fraction of sp³-hybridized carbons (Fsp3) is 0.308. The van der Waals surface area contributed by atoms with E-state index in [1.54, 1.807) is 12.1 Å². The Morgan fingerprint density at radius 3 is 2.75 bits per heavy atom. The van der Waals surface area contributed by atoms with E-state index in [4.69, 9.17) is 9.63 Å². The molecule has 1 heterocycles. The van der Waals surface area contributed by atoms with E-state index >= 15 is 0 Å². The van der Waals surface area contributed by atoms with Crippen molar-refractivity contribution in [1.82, 2.24) is 10.1 Å². The molecular formula is C13H13FN2O3S. The van der Waals surface area contributed by atoms with Gasteiger partial charge in [0.15, 0.2) is 5.82 Å². The second-order valence-electron chi connectivity index (χ2n) is 4.07. The van der Waals surface area contributed by atoms with E-state index in [1.165, 1.54) is 23.9 Å². The van der Waals surface area contributed by atoms with E-state index < -0.39 is 11.2 Å². The third kappa shape index (κ3) is 3.57. The molecule has 1 unspecified atom stereocenters. The van der Waals surface area contributed by atoms with Crippen LogP contribution in [0.2, 0.25) is 0 Å². The van der Waals surface area contributed by atoms with Crippen molar-refractivity contribution < 1.29 is 18.8 Å². The van der Waals surface area contributed by atoms with Crippen LogP contribution in [-0.4, -0.2) is 26.5 Å². The average Bonchev–Trinajstić information content (AvgIpc) is 2.89. The quantitative estimate of drug-likeness (QED) is 0.883. The lowest BCUT2D eigenvalue weighted by Gasteiger charge is -2.06. The molecule has 2 aromatic rings. The van der Waals surface area contributed by atoms with Crippen molar-refractivity contribution in [1.29, 1.82) is 0 Å². The normalized spacial score (nSPS) is 12.3. The summed E-state index contributed by atoms with van der Waals surface area (Å²) >= 11 is 1.25. The Labute approximate surface area is 119 Å². The van der Waals surface area contributed by atoms with Gasteiger partial charge in [0.05, 0.1) is 5.75 Å². The predicted octanol–water partition coefficient (Wildman–Crippen LogP) is 2.97. The third-order valence-corrected chi connectivity index (χ3v) is 3.98. The highest BCUT2D eigenvalue weighted by atomic mass is 32.2. The molecule has 20 heavy (non-hydrogen) atoms. The number of carboxylic acid groups (broad SMARTS) is 1. The van der Waals surface area contributed by atoms with Crippen molar-refractivity contribution in [2.45, 2.75) is 24.3 Å². The predicted molar refractivity (Wildman–Crippen MR) is 72.7 cm³/mol. The minimum Gasteiger partial charge on any atom is -0.480 e. The Balaban J connectivity index is 2.02. The van der Waals surface area contributed by atoms with Gasteiger partial charge in [-0.05, 0) is 30.7 Å². The van der Waals surface area contributed by atoms with Gasteiger partial charge in [0.2, 0.25) is 0 Å². The molecule has 5 nitrogen and oxygen atoms in total. The van der Waals surface area contributed by atoms with Crippen LogP contribution in [0, 0.1) is 5.82 Å².